The third-order valence-electron chi connectivity index (χ3n) is 5.82. The SMILES string of the molecule is COc1cccc(NC(=O)c2cc3oc(N4CCOCC4)nc3nc2N2CCC(O)CC2)n1. The van der Waals surface area contributed by atoms with Gasteiger partial charge < -0.3 is 34.1 Å². The van der Waals surface area contributed by atoms with Gasteiger partial charge in [-0.1, -0.05) is 6.07 Å². The second-order valence-corrected chi connectivity index (χ2v) is 8.01. The van der Waals surface area contributed by atoms with Crippen LogP contribution in [0.5, 0.6) is 5.88 Å². The van der Waals surface area contributed by atoms with E-state index in [9.17, 15) is 9.90 Å². The first-order valence-electron chi connectivity index (χ1n) is 11.0. The number of carbonyl (C=O) groups excluding carboxylic acids is 1. The van der Waals surface area contributed by atoms with Crippen molar-refractivity contribution in [3.05, 3.63) is 29.8 Å². The van der Waals surface area contributed by atoms with Crippen LogP contribution in [0.4, 0.5) is 17.7 Å². The van der Waals surface area contributed by atoms with Crippen LogP contribution in [0.15, 0.2) is 28.7 Å². The number of aromatic nitrogens is 3. The van der Waals surface area contributed by atoms with Gasteiger partial charge in [0.2, 0.25) is 11.5 Å². The van der Waals surface area contributed by atoms with Crippen LogP contribution in [0.25, 0.3) is 11.2 Å². The van der Waals surface area contributed by atoms with Gasteiger partial charge in [0.25, 0.3) is 11.9 Å². The van der Waals surface area contributed by atoms with Gasteiger partial charge in [0.05, 0.1) is 32.0 Å². The Bertz CT molecular complexity index is 1140. The van der Waals surface area contributed by atoms with Crippen LogP contribution in [0.1, 0.15) is 23.2 Å². The number of fused-ring (bicyclic) bond motifs is 1. The molecule has 33 heavy (non-hydrogen) atoms. The van der Waals surface area contributed by atoms with E-state index in [0.717, 1.165) is 0 Å². The number of rotatable bonds is 5. The van der Waals surface area contributed by atoms with Crippen molar-refractivity contribution in [2.45, 2.75) is 18.9 Å². The van der Waals surface area contributed by atoms with Crippen molar-refractivity contribution in [3.8, 4) is 5.88 Å². The number of morpholine rings is 1. The van der Waals surface area contributed by atoms with Gasteiger partial charge in [-0.2, -0.15) is 9.97 Å². The smallest absolute Gasteiger partial charge is 0.300 e. The second kappa shape index (κ2) is 9.20. The fraction of sp³-hybridized carbons (Fsp3) is 0.455. The number of ether oxygens (including phenoxy) is 2. The van der Waals surface area contributed by atoms with Gasteiger partial charge in [-0.05, 0) is 18.9 Å². The maximum atomic E-state index is 13.3. The van der Waals surface area contributed by atoms with Crippen molar-refractivity contribution in [2.24, 2.45) is 0 Å². The Morgan fingerprint density at radius 3 is 2.67 bits per heavy atom. The lowest BCUT2D eigenvalue weighted by molar-refractivity contribution is 0.102. The number of amides is 1. The van der Waals surface area contributed by atoms with Crippen LogP contribution in [0.3, 0.4) is 0 Å². The number of carbonyl (C=O) groups is 1. The van der Waals surface area contributed by atoms with E-state index in [4.69, 9.17) is 18.9 Å². The van der Waals surface area contributed by atoms with Crippen molar-refractivity contribution < 1.29 is 23.8 Å². The molecule has 0 saturated carbocycles. The van der Waals surface area contributed by atoms with Crippen LogP contribution in [0.2, 0.25) is 0 Å². The van der Waals surface area contributed by atoms with Gasteiger partial charge in [-0.25, -0.2) is 4.98 Å². The highest BCUT2D eigenvalue weighted by Crippen LogP contribution is 2.30. The number of nitrogens with one attached hydrogen (secondary N) is 1. The minimum Gasteiger partial charge on any atom is -0.481 e. The zero-order valence-corrected chi connectivity index (χ0v) is 18.4. The van der Waals surface area contributed by atoms with Gasteiger partial charge in [-0.15, -0.1) is 0 Å². The van der Waals surface area contributed by atoms with Crippen molar-refractivity contribution in [2.75, 3.05) is 61.6 Å². The third-order valence-corrected chi connectivity index (χ3v) is 5.82. The Hall–Kier alpha value is -3.44. The predicted molar refractivity (Wildman–Crippen MR) is 121 cm³/mol. The van der Waals surface area contributed by atoms with E-state index in [2.05, 4.69) is 15.3 Å². The number of nitrogens with zero attached hydrogens (tertiary/aromatic N) is 5. The summed E-state index contributed by atoms with van der Waals surface area (Å²) in [6, 6.07) is 7.28. The molecule has 2 N–H and O–H groups in total. The first kappa shape index (κ1) is 21.4. The van der Waals surface area contributed by atoms with Crippen molar-refractivity contribution in [1.29, 1.82) is 0 Å². The number of methoxy groups -OCH3 is 1. The highest BCUT2D eigenvalue weighted by Gasteiger charge is 2.26. The molecular formula is C22H26N6O5. The van der Waals surface area contributed by atoms with Crippen molar-refractivity contribution >= 4 is 34.8 Å². The molecule has 0 radical (unpaired) electrons. The highest BCUT2D eigenvalue weighted by molar-refractivity contribution is 6.08. The Morgan fingerprint density at radius 1 is 1.12 bits per heavy atom. The topological polar surface area (TPSA) is 126 Å². The molecule has 0 unspecified atom stereocenters. The molecule has 1 amide bonds. The molecule has 2 aliphatic rings. The molecule has 5 rings (SSSR count). The van der Waals surface area contributed by atoms with Crippen LogP contribution in [-0.4, -0.2) is 78.6 Å². The first-order chi connectivity index (χ1) is 16.1. The molecule has 0 aliphatic carbocycles. The lowest BCUT2D eigenvalue weighted by atomic mass is 10.1. The maximum Gasteiger partial charge on any atom is 0.300 e. The van der Waals surface area contributed by atoms with Crippen LogP contribution in [-0.2, 0) is 4.74 Å². The number of aliphatic hydroxyl groups excluding tert-OH is 1. The molecule has 0 atom stereocenters. The van der Waals surface area contributed by atoms with Gasteiger partial charge in [0.1, 0.15) is 11.6 Å². The molecule has 5 heterocycles. The van der Waals surface area contributed by atoms with E-state index in [-0.39, 0.29) is 12.0 Å². The molecular weight excluding hydrogens is 428 g/mol. The third kappa shape index (κ3) is 4.55. The zero-order valence-electron chi connectivity index (χ0n) is 18.4. The largest absolute Gasteiger partial charge is 0.481 e. The maximum absolute atomic E-state index is 13.3. The van der Waals surface area contributed by atoms with E-state index < -0.39 is 0 Å². The summed E-state index contributed by atoms with van der Waals surface area (Å²) in [6.07, 6.45) is 0.870. The van der Waals surface area contributed by atoms with E-state index >= 15 is 0 Å². The van der Waals surface area contributed by atoms with E-state index in [1.165, 1.54) is 7.11 Å². The van der Waals surface area contributed by atoms with Crippen LogP contribution in [0, 0.1) is 0 Å². The number of piperidine rings is 1. The summed E-state index contributed by atoms with van der Waals surface area (Å²) in [5.74, 6) is 0.912. The zero-order chi connectivity index (χ0) is 22.8. The number of anilines is 3. The summed E-state index contributed by atoms with van der Waals surface area (Å²) in [5.41, 5.74) is 1.22. The molecule has 2 saturated heterocycles. The minimum absolute atomic E-state index is 0.344. The van der Waals surface area contributed by atoms with Crippen molar-refractivity contribution in [3.63, 3.8) is 0 Å². The Balaban J connectivity index is 1.50. The van der Waals surface area contributed by atoms with E-state index in [1.807, 2.05) is 9.80 Å². The van der Waals surface area contributed by atoms with Gasteiger partial charge in [0.15, 0.2) is 5.58 Å². The molecule has 0 spiro atoms. The summed E-state index contributed by atoms with van der Waals surface area (Å²) in [7, 11) is 1.52. The standard InChI is InChI=1S/C22H26N6O5/c1-31-18-4-2-3-17(23-18)24-21(30)15-13-16-19(25-20(15)27-7-5-14(29)6-8-27)26-22(33-16)28-9-11-32-12-10-28/h2-4,13-14,29H,5-12H2,1H3,(H,23,24,30). The number of hydrogen-bond donors (Lipinski definition) is 2. The van der Waals surface area contributed by atoms with Crippen molar-refractivity contribution in [1.82, 2.24) is 15.0 Å². The Labute approximate surface area is 190 Å². The van der Waals surface area contributed by atoms with Gasteiger partial charge in [0, 0.05) is 38.3 Å². The normalized spacial score (nSPS) is 17.4. The summed E-state index contributed by atoms with van der Waals surface area (Å²) < 4.78 is 16.5. The Morgan fingerprint density at radius 2 is 1.91 bits per heavy atom. The second-order valence-electron chi connectivity index (χ2n) is 8.01. The molecule has 3 aromatic heterocycles. The average Bonchev–Trinajstić information content (AvgIpc) is 3.28. The quantitative estimate of drug-likeness (QED) is 0.588. The number of oxazole rings is 1. The summed E-state index contributed by atoms with van der Waals surface area (Å²) >= 11 is 0. The average molecular weight is 454 g/mol. The highest BCUT2D eigenvalue weighted by atomic mass is 16.5. The summed E-state index contributed by atoms with van der Waals surface area (Å²) in [6.45, 7) is 3.75. The van der Waals surface area contributed by atoms with E-state index in [1.54, 1.807) is 24.3 Å². The predicted octanol–water partition coefficient (Wildman–Crippen LogP) is 1.68. The molecule has 3 aromatic rings. The fourth-order valence-electron chi connectivity index (χ4n) is 4.00. The minimum atomic E-state index is -0.365. The molecule has 2 aliphatic heterocycles. The monoisotopic (exact) mass is 454 g/mol. The molecule has 2 fully saturated rings. The van der Waals surface area contributed by atoms with Gasteiger partial charge in [-0.3, -0.25) is 4.79 Å². The first-order valence-corrected chi connectivity index (χ1v) is 11.0. The summed E-state index contributed by atoms with van der Waals surface area (Å²) in [5, 5.41) is 12.7. The molecule has 174 valence electrons. The fourth-order valence-corrected chi connectivity index (χ4v) is 4.00. The van der Waals surface area contributed by atoms with Gasteiger partial charge >= 0.3 is 0 Å². The molecule has 11 heteroatoms. The van der Waals surface area contributed by atoms with E-state index in [0.29, 0.717) is 92.6 Å². The molecule has 0 aromatic carbocycles. The number of aliphatic hydroxyl groups is 1. The van der Waals surface area contributed by atoms with Crippen LogP contribution >= 0.6 is 0 Å². The number of hydrogen-bond acceptors (Lipinski definition) is 10. The lowest BCUT2D eigenvalue weighted by Crippen LogP contribution is -2.37. The lowest BCUT2D eigenvalue weighted by Gasteiger charge is -2.31. The number of pyridine rings is 2. The van der Waals surface area contributed by atoms with Crippen LogP contribution < -0.4 is 19.9 Å². The Kier molecular flexibility index (Phi) is 5.97. The molecule has 11 nitrogen and oxygen atoms in total. The summed E-state index contributed by atoms with van der Waals surface area (Å²) in [4.78, 5) is 30.8. The molecule has 0 bridgehead atoms.